The van der Waals surface area contributed by atoms with Crippen LogP contribution in [-0.2, 0) is 6.42 Å². The van der Waals surface area contributed by atoms with E-state index in [1.807, 2.05) is 18.2 Å². The topological polar surface area (TPSA) is 55.5 Å². The van der Waals surface area contributed by atoms with E-state index in [9.17, 15) is 0 Å². The second kappa shape index (κ2) is 5.21. The Hall–Kier alpha value is -1.94. The fraction of sp³-hybridized carbons (Fsp3) is 0.375. The first-order valence-corrected chi connectivity index (χ1v) is 7.26. The molecule has 3 rings (SSSR count). The van der Waals surface area contributed by atoms with Gasteiger partial charge >= 0.3 is 0 Å². The van der Waals surface area contributed by atoms with Gasteiger partial charge in [0.05, 0.1) is 6.04 Å². The summed E-state index contributed by atoms with van der Waals surface area (Å²) < 4.78 is 5.97. The van der Waals surface area contributed by atoms with Crippen LogP contribution in [0.3, 0.4) is 0 Å². The molecule has 0 aliphatic carbocycles. The number of quaternary nitrogens is 1. The summed E-state index contributed by atoms with van der Waals surface area (Å²) in [5, 5.41) is 3.25. The van der Waals surface area contributed by atoms with E-state index in [1.54, 1.807) is 0 Å². The van der Waals surface area contributed by atoms with Gasteiger partial charge in [-0.05, 0) is 25.5 Å². The molecule has 0 amide bonds. The minimum Gasteiger partial charge on any atom is -0.446 e. The van der Waals surface area contributed by atoms with Gasteiger partial charge in [-0.2, -0.15) is 4.98 Å². The summed E-state index contributed by atoms with van der Waals surface area (Å²) in [6.45, 7) is 6.46. The summed E-state index contributed by atoms with van der Waals surface area (Å²) in [6.07, 6.45) is 1.92. The monoisotopic (exact) mass is 270 g/mol. The highest BCUT2D eigenvalue weighted by atomic mass is 16.3. The number of aryl methyl sites for hydroxylation is 1. The molecule has 2 aromatic heterocycles. The molecule has 2 N–H and O–H groups in total. The van der Waals surface area contributed by atoms with E-state index >= 15 is 0 Å². The van der Waals surface area contributed by atoms with Crippen molar-refractivity contribution >= 4 is 27.9 Å². The second-order valence-electron chi connectivity index (χ2n) is 5.21. The lowest BCUT2D eigenvalue weighted by Crippen LogP contribution is -2.84. The van der Waals surface area contributed by atoms with Gasteiger partial charge in [0.2, 0.25) is 5.58 Å². The van der Waals surface area contributed by atoms with Gasteiger partial charge in [0.1, 0.15) is 16.9 Å². The number of nitrogens with zero attached hydrogens (tertiary/aromatic N) is 2. The van der Waals surface area contributed by atoms with Crippen molar-refractivity contribution in [3.63, 3.8) is 0 Å². The normalized spacial score (nSPS) is 13.2. The molecule has 1 atom stereocenters. The van der Waals surface area contributed by atoms with Crippen molar-refractivity contribution in [3.8, 4) is 0 Å². The van der Waals surface area contributed by atoms with Gasteiger partial charge in [0.15, 0.2) is 0 Å². The zero-order chi connectivity index (χ0) is 14.1. The Bertz CT molecular complexity index is 748. The third-order valence-electron chi connectivity index (χ3n) is 3.69. The van der Waals surface area contributed by atoms with E-state index in [4.69, 9.17) is 4.42 Å². The van der Waals surface area contributed by atoms with E-state index in [2.05, 4.69) is 42.1 Å². The molecule has 0 radical (unpaired) electrons. The van der Waals surface area contributed by atoms with Crippen molar-refractivity contribution in [3.05, 3.63) is 30.1 Å². The van der Waals surface area contributed by atoms with Crippen LogP contribution in [0.4, 0.5) is 5.82 Å². The van der Waals surface area contributed by atoms with Gasteiger partial charge in [-0.25, -0.2) is 4.98 Å². The van der Waals surface area contributed by atoms with Crippen molar-refractivity contribution in [2.45, 2.75) is 39.7 Å². The van der Waals surface area contributed by atoms with Gasteiger partial charge in [0, 0.05) is 11.8 Å². The van der Waals surface area contributed by atoms with E-state index in [0.717, 1.165) is 46.6 Å². The molecule has 4 heteroatoms. The molecule has 3 aromatic rings. The Morgan fingerprint density at radius 1 is 1.20 bits per heavy atom. The minimum absolute atomic E-state index is 0.478. The average Bonchev–Trinajstić information content (AvgIpc) is 2.86. The molecule has 0 spiro atoms. The summed E-state index contributed by atoms with van der Waals surface area (Å²) in [5.41, 5.74) is 2.62. The number of furan rings is 1. The molecule has 0 aliphatic heterocycles. The van der Waals surface area contributed by atoms with Crippen LogP contribution in [0.15, 0.2) is 28.7 Å². The van der Waals surface area contributed by atoms with E-state index < -0.39 is 0 Å². The second-order valence-corrected chi connectivity index (χ2v) is 5.21. The van der Waals surface area contributed by atoms with Crippen molar-refractivity contribution in [1.29, 1.82) is 0 Å². The van der Waals surface area contributed by atoms with Gasteiger partial charge in [-0.1, -0.05) is 26.0 Å². The quantitative estimate of drug-likeness (QED) is 0.793. The summed E-state index contributed by atoms with van der Waals surface area (Å²) in [5.74, 6) is 1.80. The Morgan fingerprint density at radius 2 is 2.00 bits per heavy atom. The molecule has 0 aliphatic rings. The highest BCUT2D eigenvalue weighted by Crippen LogP contribution is 2.29. The van der Waals surface area contributed by atoms with Gasteiger partial charge in [0.25, 0.3) is 5.82 Å². The van der Waals surface area contributed by atoms with Crippen LogP contribution < -0.4 is 5.32 Å². The molecule has 0 fully saturated rings. The summed E-state index contributed by atoms with van der Waals surface area (Å²) in [7, 11) is 0. The highest BCUT2D eigenvalue weighted by Gasteiger charge is 2.19. The Kier molecular flexibility index (Phi) is 3.40. The van der Waals surface area contributed by atoms with Gasteiger partial charge in [-0.3, -0.25) is 5.32 Å². The lowest BCUT2D eigenvalue weighted by atomic mass is 10.2. The molecule has 0 saturated heterocycles. The van der Waals surface area contributed by atoms with Gasteiger partial charge < -0.3 is 4.42 Å². The molecular formula is C16H20N3O+. The molecular weight excluding hydrogens is 250 g/mol. The molecule has 1 unspecified atom stereocenters. The molecule has 1 aromatic carbocycles. The molecule has 20 heavy (non-hydrogen) atoms. The maximum Gasteiger partial charge on any atom is 0.272 e. The summed E-state index contributed by atoms with van der Waals surface area (Å²) >= 11 is 0. The maximum atomic E-state index is 5.97. The number of rotatable bonds is 4. The number of para-hydroxylation sites is 1. The fourth-order valence-electron chi connectivity index (χ4n) is 2.32. The van der Waals surface area contributed by atoms with E-state index in [1.165, 1.54) is 0 Å². The highest BCUT2D eigenvalue weighted by molar-refractivity contribution is 6.04. The Morgan fingerprint density at radius 3 is 2.75 bits per heavy atom. The number of hydrogen-bond acceptors (Lipinski definition) is 3. The maximum absolute atomic E-state index is 5.97. The zero-order valence-corrected chi connectivity index (χ0v) is 12.2. The van der Waals surface area contributed by atoms with Crippen molar-refractivity contribution < 1.29 is 9.73 Å². The predicted octanol–water partition coefficient (Wildman–Crippen LogP) is 2.93. The largest absolute Gasteiger partial charge is 0.446 e. The van der Waals surface area contributed by atoms with Crippen LogP contribution in [0.2, 0.25) is 0 Å². The number of aromatic nitrogens is 2. The van der Waals surface area contributed by atoms with E-state index in [-0.39, 0.29) is 0 Å². The zero-order valence-electron chi connectivity index (χ0n) is 12.2. The SMILES string of the molecule is CCc1nc([NH2+]C(C)CC)c2oc3ccccc3c2n1. The van der Waals surface area contributed by atoms with Crippen molar-refractivity contribution in [1.82, 2.24) is 9.97 Å². The molecule has 0 bridgehead atoms. The summed E-state index contributed by atoms with van der Waals surface area (Å²) in [6, 6.07) is 8.52. The minimum atomic E-state index is 0.478. The average molecular weight is 270 g/mol. The van der Waals surface area contributed by atoms with Crippen LogP contribution in [-0.4, -0.2) is 16.0 Å². The number of nitrogens with two attached hydrogens (primary N) is 1. The summed E-state index contributed by atoms with van der Waals surface area (Å²) in [4.78, 5) is 9.29. The first-order valence-electron chi connectivity index (χ1n) is 7.26. The smallest absolute Gasteiger partial charge is 0.272 e. The third-order valence-corrected chi connectivity index (χ3v) is 3.69. The standard InChI is InChI=1S/C16H19N3O/c1-4-10(3)17-16-15-14(18-13(5-2)19-16)11-8-6-7-9-12(11)20-15/h6-10H,4-5H2,1-3H3,(H,17,18,19)/p+1. The number of benzene rings is 1. The van der Waals surface area contributed by atoms with E-state index in [0.29, 0.717) is 6.04 Å². The first-order chi connectivity index (χ1) is 9.72. The van der Waals surface area contributed by atoms with Crippen molar-refractivity contribution in [2.24, 2.45) is 0 Å². The third kappa shape index (κ3) is 2.16. The number of fused-ring (bicyclic) bond motifs is 3. The van der Waals surface area contributed by atoms with Crippen LogP contribution >= 0.6 is 0 Å². The Labute approximate surface area is 118 Å². The first kappa shape index (κ1) is 13.1. The van der Waals surface area contributed by atoms with Crippen LogP contribution in [0, 0.1) is 0 Å². The van der Waals surface area contributed by atoms with Crippen LogP contribution in [0.5, 0.6) is 0 Å². The molecule has 4 nitrogen and oxygen atoms in total. The molecule has 104 valence electrons. The molecule has 2 heterocycles. The van der Waals surface area contributed by atoms with Crippen LogP contribution in [0.25, 0.3) is 22.1 Å². The number of hydrogen-bond donors (Lipinski definition) is 1. The van der Waals surface area contributed by atoms with Gasteiger partial charge in [-0.15, -0.1) is 0 Å². The van der Waals surface area contributed by atoms with Crippen molar-refractivity contribution in [2.75, 3.05) is 0 Å². The fourth-order valence-corrected chi connectivity index (χ4v) is 2.32. The Balaban J connectivity index is 2.26. The lowest BCUT2D eigenvalue weighted by molar-refractivity contribution is -0.609. The lowest BCUT2D eigenvalue weighted by Gasteiger charge is -2.07. The predicted molar refractivity (Wildman–Crippen MR) is 80.0 cm³/mol. The molecule has 0 saturated carbocycles. The van der Waals surface area contributed by atoms with Crippen LogP contribution in [0.1, 0.15) is 33.0 Å².